The van der Waals surface area contributed by atoms with Crippen LogP contribution in [-0.2, 0) is 25.6 Å². The lowest BCUT2D eigenvalue weighted by molar-refractivity contribution is -0.142. The van der Waals surface area contributed by atoms with Crippen LogP contribution in [0.15, 0.2) is 30.5 Å². The predicted molar refractivity (Wildman–Crippen MR) is 150 cm³/mol. The van der Waals surface area contributed by atoms with Crippen molar-refractivity contribution in [1.29, 1.82) is 0 Å². The highest BCUT2D eigenvalue weighted by Gasteiger charge is 2.30. The van der Waals surface area contributed by atoms with Crippen LogP contribution in [0.5, 0.6) is 0 Å². The van der Waals surface area contributed by atoms with E-state index in [4.69, 9.17) is 11.5 Å². The second kappa shape index (κ2) is 15.4. The molecule has 1 aromatic carbocycles. The quantitative estimate of drug-likeness (QED) is 0.112. The van der Waals surface area contributed by atoms with Crippen LogP contribution in [0.4, 0.5) is 0 Å². The largest absolute Gasteiger partial charge is 0.480 e. The number of aliphatic carboxylic acids is 1. The Morgan fingerprint density at radius 1 is 0.974 bits per heavy atom. The van der Waals surface area contributed by atoms with Crippen LogP contribution in [-0.4, -0.2) is 70.2 Å². The number of carboxylic acids is 1. The lowest BCUT2D eigenvalue weighted by Crippen LogP contribution is -2.57. The number of nitrogens with one attached hydrogen (secondary N) is 4. The molecule has 0 saturated carbocycles. The Balaban J connectivity index is 2.06. The molecule has 0 radical (unpaired) electrons. The van der Waals surface area contributed by atoms with Gasteiger partial charge in [0.15, 0.2) is 0 Å². The molecule has 0 aliphatic rings. The summed E-state index contributed by atoms with van der Waals surface area (Å²) in [4.78, 5) is 53.5. The molecule has 2 rings (SSSR count). The average molecular weight is 549 g/mol. The maximum absolute atomic E-state index is 13.1. The summed E-state index contributed by atoms with van der Waals surface area (Å²) in [7, 11) is 0. The third kappa shape index (κ3) is 9.34. The van der Waals surface area contributed by atoms with Gasteiger partial charge in [0.2, 0.25) is 17.7 Å². The van der Waals surface area contributed by atoms with E-state index in [0.717, 1.165) is 16.5 Å². The zero-order valence-corrected chi connectivity index (χ0v) is 22.8. The van der Waals surface area contributed by atoms with Gasteiger partial charge in [-0.3, -0.25) is 14.4 Å². The molecule has 12 heteroatoms. The summed E-state index contributed by atoms with van der Waals surface area (Å²) < 4.78 is 0. The number of fused-ring (bicyclic) bond motifs is 1. The first-order valence-corrected chi connectivity index (χ1v) is 13.5. The molecule has 9 N–H and O–H groups in total. The summed E-state index contributed by atoms with van der Waals surface area (Å²) in [5.74, 6) is -2.93. The second-order valence-corrected chi connectivity index (χ2v) is 10.2. The van der Waals surface area contributed by atoms with Gasteiger partial charge in [-0.05, 0) is 56.2 Å². The van der Waals surface area contributed by atoms with E-state index in [2.05, 4.69) is 33.6 Å². The molecule has 0 saturated heterocycles. The fourth-order valence-corrected chi connectivity index (χ4v) is 4.36. The molecule has 210 valence electrons. The summed E-state index contributed by atoms with van der Waals surface area (Å²) in [5, 5.41) is 18.2. The maximum Gasteiger partial charge on any atom is 0.326 e. The van der Waals surface area contributed by atoms with Gasteiger partial charge in [0.05, 0.1) is 6.04 Å². The van der Waals surface area contributed by atoms with E-state index in [-0.39, 0.29) is 24.5 Å². The summed E-state index contributed by atoms with van der Waals surface area (Å²) in [5.41, 5.74) is 13.6. The van der Waals surface area contributed by atoms with Crippen LogP contribution in [0.3, 0.4) is 0 Å². The number of thiol groups is 1. The molecule has 0 fully saturated rings. The number of aromatic amines is 1. The first kappa shape index (κ1) is 31.1. The minimum absolute atomic E-state index is 0.0380. The van der Waals surface area contributed by atoms with E-state index >= 15 is 0 Å². The highest BCUT2D eigenvalue weighted by molar-refractivity contribution is 7.80. The topological polar surface area (TPSA) is 192 Å². The number of carboxylic acid groups (broad SMARTS) is 1. The van der Waals surface area contributed by atoms with Gasteiger partial charge < -0.3 is 37.5 Å². The van der Waals surface area contributed by atoms with Crippen molar-refractivity contribution in [2.75, 3.05) is 12.3 Å². The fraction of sp³-hybridized carbons (Fsp3) is 0.538. The van der Waals surface area contributed by atoms with Crippen molar-refractivity contribution in [3.05, 3.63) is 36.0 Å². The lowest BCUT2D eigenvalue weighted by atomic mass is 10.0. The monoisotopic (exact) mass is 548 g/mol. The zero-order chi connectivity index (χ0) is 28.2. The standard InChI is InChI=1S/C26H40N6O5S/c1-15(2)11-21(26(36)37)31-25(35)22(14-38)32-24(34)20(9-5-6-10-27)30-23(33)18(28)12-16-13-29-19-8-4-3-7-17(16)19/h3-4,7-8,13,15,18,20-22,29,38H,5-6,9-12,14,27-28H2,1-2H3,(H,30,33)(H,31,35)(H,32,34)(H,36,37). The number of H-pyrrole nitrogens is 1. The van der Waals surface area contributed by atoms with Gasteiger partial charge in [-0.15, -0.1) is 0 Å². The average Bonchev–Trinajstić information content (AvgIpc) is 3.28. The summed E-state index contributed by atoms with van der Waals surface area (Å²) in [6.45, 7) is 4.12. The lowest BCUT2D eigenvalue weighted by Gasteiger charge is -2.25. The first-order valence-electron chi connectivity index (χ1n) is 12.8. The van der Waals surface area contributed by atoms with Gasteiger partial charge in [-0.1, -0.05) is 32.0 Å². The predicted octanol–water partition coefficient (Wildman–Crippen LogP) is 0.682. The normalized spacial score (nSPS) is 14.5. The van der Waals surface area contributed by atoms with Crippen LogP contribution < -0.4 is 27.4 Å². The molecule has 1 aromatic heterocycles. The highest BCUT2D eigenvalue weighted by atomic mass is 32.1. The van der Waals surface area contributed by atoms with Gasteiger partial charge in [0, 0.05) is 22.9 Å². The molecule has 1 heterocycles. The fourth-order valence-electron chi connectivity index (χ4n) is 4.10. The number of carbonyl (C=O) groups excluding carboxylic acids is 3. The number of nitrogens with two attached hydrogens (primary N) is 2. The van der Waals surface area contributed by atoms with Gasteiger partial charge in [0.25, 0.3) is 0 Å². The molecule has 0 aliphatic heterocycles. The number of benzene rings is 1. The Labute approximate surface area is 228 Å². The number of hydrogen-bond donors (Lipinski definition) is 8. The van der Waals surface area contributed by atoms with E-state index in [1.54, 1.807) is 0 Å². The SMILES string of the molecule is CC(C)CC(NC(=O)C(CS)NC(=O)C(CCCCN)NC(=O)C(N)Cc1c[nH]c2ccccc12)C(=O)O. The Hall–Kier alpha value is -3.09. The molecule has 0 bridgehead atoms. The van der Waals surface area contributed by atoms with Crippen LogP contribution >= 0.6 is 12.6 Å². The van der Waals surface area contributed by atoms with E-state index in [1.165, 1.54) is 0 Å². The first-order chi connectivity index (χ1) is 18.1. The summed E-state index contributed by atoms with van der Waals surface area (Å²) in [6.07, 6.45) is 3.82. The Bertz CT molecular complexity index is 1090. The smallest absolute Gasteiger partial charge is 0.326 e. The second-order valence-electron chi connectivity index (χ2n) is 9.79. The molecule has 4 atom stereocenters. The van der Waals surface area contributed by atoms with Crippen molar-refractivity contribution in [1.82, 2.24) is 20.9 Å². The zero-order valence-electron chi connectivity index (χ0n) is 21.9. The van der Waals surface area contributed by atoms with Crippen LogP contribution in [0.2, 0.25) is 0 Å². The number of hydrogen-bond acceptors (Lipinski definition) is 7. The van der Waals surface area contributed by atoms with Crippen molar-refractivity contribution in [2.24, 2.45) is 17.4 Å². The number of aromatic nitrogens is 1. The maximum atomic E-state index is 13.1. The van der Waals surface area contributed by atoms with E-state index in [0.29, 0.717) is 25.8 Å². The molecule has 11 nitrogen and oxygen atoms in total. The van der Waals surface area contributed by atoms with Crippen LogP contribution in [0.25, 0.3) is 10.9 Å². The summed E-state index contributed by atoms with van der Waals surface area (Å²) in [6, 6.07) is 3.63. The minimum Gasteiger partial charge on any atom is -0.480 e. The molecule has 0 aliphatic carbocycles. The van der Waals surface area contributed by atoms with Gasteiger partial charge in [-0.2, -0.15) is 12.6 Å². The van der Waals surface area contributed by atoms with Crippen LogP contribution in [0, 0.1) is 5.92 Å². The van der Waals surface area contributed by atoms with E-state index < -0.39 is 47.9 Å². The van der Waals surface area contributed by atoms with Crippen molar-refractivity contribution >= 4 is 47.2 Å². The molecular weight excluding hydrogens is 508 g/mol. The van der Waals surface area contributed by atoms with Gasteiger partial charge in [-0.25, -0.2) is 4.79 Å². The molecule has 3 amide bonds. The number of amides is 3. The Morgan fingerprint density at radius 2 is 1.61 bits per heavy atom. The third-order valence-corrected chi connectivity index (χ3v) is 6.53. The van der Waals surface area contributed by atoms with Crippen molar-refractivity contribution in [3.63, 3.8) is 0 Å². The van der Waals surface area contributed by atoms with Gasteiger partial charge in [0.1, 0.15) is 18.1 Å². The third-order valence-electron chi connectivity index (χ3n) is 6.17. The Morgan fingerprint density at radius 3 is 2.24 bits per heavy atom. The molecule has 38 heavy (non-hydrogen) atoms. The van der Waals surface area contributed by atoms with E-state index in [1.807, 2.05) is 44.3 Å². The Kier molecular flexibility index (Phi) is 12.6. The molecule has 0 spiro atoms. The molecule has 2 aromatic rings. The van der Waals surface area contributed by atoms with Crippen LogP contribution in [0.1, 0.15) is 45.1 Å². The van der Waals surface area contributed by atoms with Crippen molar-refractivity contribution in [2.45, 2.75) is 70.1 Å². The minimum atomic E-state index is -1.16. The van der Waals surface area contributed by atoms with Gasteiger partial charge >= 0.3 is 5.97 Å². The number of para-hydroxylation sites is 1. The highest BCUT2D eigenvalue weighted by Crippen LogP contribution is 2.19. The van der Waals surface area contributed by atoms with E-state index in [9.17, 15) is 24.3 Å². The molecular formula is C26H40N6O5S. The number of carbonyl (C=O) groups is 4. The summed E-state index contributed by atoms with van der Waals surface area (Å²) >= 11 is 4.16. The number of rotatable bonds is 16. The molecule has 4 unspecified atom stereocenters. The van der Waals surface area contributed by atoms with Crippen molar-refractivity contribution < 1.29 is 24.3 Å². The van der Waals surface area contributed by atoms with Crippen molar-refractivity contribution in [3.8, 4) is 0 Å². The number of unbranched alkanes of at least 4 members (excludes halogenated alkanes) is 1.